The van der Waals surface area contributed by atoms with Gasteiger partial charge in [0.15, 0.2) is 0 Å². The Hall–Kier alpha value is -4.48. The Morgan fingerprint density at radius 1 is 0.893 bits per heavy atom. The summed E-state index contributed by atoms with van der Waals surface area (Å²) in [6, 6.07) is 9.11. The number of nitro groups is 2. The lowest BCUT2D eigenvalue weighted by atomic mass is 10.0. The number of nitrogens with zero attached hydrogens (tertiary/aromatic N) is 4. The summed E-state index contributed by atoms with van der Waals surface area (Å²) in [7, 11) is 0. The van der Waals surface area contributed by atoms with Crippen LogP contribution in [0.1, 0.15) is 32.1 Å². The number of rotatable bonds is 6. The molecule has 0 saturated carbocycles. The van der Waals surface area contributed by atoms with Crippen LogP contribution in [-0.2, 0) is 0 Å². The Bertz CT molecular complexity index is 1140. The Morgan fingerprint density at radius 2 is 1.39 bits per heavy atom. The summed E-state index contributed by atoms with van der Waals surface area (Å²) >= 11 is 0. The van der Waals surface area contributed by atoms with E-state index >= 15 is 0 Å². The van der Waals surface area contributed by atoms with E-state index in [1.165, 1.54) is 24.3 Å². The van der Waals surface area contributed by atoms with E-state index in [0.29, 0.717) is 0 Å². The van der Waals surface area contributed by atoms with Crippen molar-refractivity contribution in [3.8, 4) is 0 Å². The van der Waals surface area contributed by atoms with Crippen molar-refractivity contribution in [1.29, 1.82) is 0 Å². The number of aromatic nitrogens is 2. The van der Waals surface area contributed by atoms with Crippen LogP contribution in [0.25, 0.3) is 0 Å². The molecular weight excluding hydrogens is 376 g/mol. The smallest absolute Gasteiger partial charge is 0.300 e. The van der Waals surface area contributed by atoms with Crippen molar-refractivity contribution in [3.63, 3.8) is 0 Å². The highest BCUT2D eigenvalue weighted by atomic mass is 16.8. The van der Waals surface area contributed by atoms with E-state index < -0.39 is 38.5 Å². The zero-order valence-electron chi connectivity index (χ0n) is 13.7. The summed E-state index contributed by atoms with van der Waals surface area (Å²) in [5.41, 5.74) is -2.68. The minimum absolute atomic E-state index is 0.198. The first-order valence-electron chi connectivity index (χ1n) is 7.47. The number of carbonyl (C=O) groups is 2. The maximum atomic E-state index is 12.6. The molecule has 0 radical (unpaired) electrons. The third-order valence-electron chi connectivity index (χ3n) is 3.68. The monoisotopic (exact) mass is 384 g/mol. The lowest BCUT2D eigenvalue weighted by molar-refractivity contribution is -0.803. The molecule has 0 atom stereocenters. The first kappa shape index (κ1) is 18.3. The van der Waals surface area contributed by atoms with Gasteiger partial charge in [-0.1, -0.05) is 24.3 Å². The van der Waals surface area contributed by atoms with Crippen LogP contribution in [0.3, 0.4) is 0 Å². The first-order valence-corrected chi connectivity index (χ1v) is 7.47. The minimum atomic E-state index is -1.03. The van der Waals surface area contributed by atoms with E-state index in [1.54, 1.807) is 0 Å². The molecule has 0 N–H and O–H groups in total. The zero-order valence-corrected chi connectivity index (χ0v) is 13.7. The molecule has 2 aromatic carbocycles. The van der Waals surface area contributed by atoms with Gasteiger partial charge < -0.3 is 5.21 Å². The third kappa shape index (κ3) is 3.29. The second kappa shape index (κ2) is 7.03. The summed E-state index contributed by atoms with van der Waals surface area (Å²) in [5.74, 6) is -2.00. The number of hydrogen-bond acceptors (Lipinski definition) is 9. The standard InChI is InChI=1S/C16H8N4O8/c21-15(9-3-1-5-11(7-9)18(23)24)13-14(20(27)28-17-13)16(22)10-4-2-6-12(8-10)19(25)26/h1-8H. The maximum Gasteiger partial charge on any atom is 0.300 e. The molecule has 0 aliphatic heterocycles. The first-order chi connectivity index (χ1) is 13.3. The molecule has 0 spiro atoms. The average molecular weight is 384 g/mol. The zero-order chi connectivity index (χ0) is 20.4. The van der Waals surface area contributed by atoms with Gasteiger partial charge in [-0.2, -0.15) is 0 Å². The van der Waals surface area contributed by atoms with Crippen molar-refractivity contribution < 1.29 is 29.0 Å². The van der Waals surface area contributed by atoms with Gasteiger partial charge in [-0.25, -0.2) is 0 Å². The summed E-state index contributed by atoms with van der Waals surface area (Å²) in [6.07, 6.45) is 0. The molecule has 0 aliphatic carbocycles. The highest BCUT2D eigenvalue weighted by Crippen LogP contribution is 2.20. The molecule has 1 aromatic heterocycles. The second-order valence-electron chi connectivity index (χ2n) is 5.40. The molecule has 12 heteroatoms. The fourth-order valence-electron chi connectivity index (χ4n) is 2.38. The fourth-order valence-corrected chi connectivity index (χ4v) is 2.38. The molecule has 0 amide bonds. The van der Waals surface area contributed by atoms with Crippen LogP contribution in [0, 0.1) is 25.4 Å². The highest BCUT2D eigenvalue weighted by Gasteiger charge is 2.34. The van der Waals surface area contributed by atoms with E-state index in [9.17, 15) is 35.0 Å². The van der Waals surface area contributed by atoms with Crippen molar-refractivity contribution in [1.82, 2.24) is 5.16 Å². The van der Waals surface area contributed by atoms with Crippen LogP contribution in [0.15, 0.2) is 53.2 Å². The largest absolute Gasteiger partial charge is 0.359 e. The number of nitro benzene ring substituents is 2. The normalized spacial score (nSPS) is 10.4. The van der Waals surface area contributed by atoms with Crippen LogP contribution in [0.4, 0.5) is 11.4 Å². The quantitative estimate of drug-likeness (QED) is 0.264. The summed E-state index contributed by atoms with van der Waals surface area (Å²) in [4.78, 5) is 45.2. The number of non-ortho nitro benzene ring substituents is 2. The van der Waals surface area contributed by atoms with Crippen LogP contribution in [0.5, 0.6) is 0 Å². The second-order valence-corrected chi connectivity index (χ2v) is 5.40. The number of hydrogen-bond donors (Lipinski definition) is 0. The number of ketones is 2. The van der Waals surface area contributed by atoms with Gasteiger partial charge in [-0.15, -0.1) is 0 Å². The number of carbonyl (C=O) groups excluding carboxylic acids is 2. The predicted molar refractivity (Wildman–Crippen MR) is 88.5 cm³/mol. The molecule has 0 saturated heterocycles. The molecule has 0 fully saturated rings. The van der Waals surface area contributed by atoms with Gasteiger partial charge >= 0.3 is 0 Å². The van der Waals surface area contributed by atoms with Crippen molar-refractivity contribution in [2.45, 2.75) is 0 Å². The van der Waals surface area contributed by atoms with Crippen molar-refractivity contribution in [2.24, 2.45) is 0 Å². The van der Waals surface area contributed by atoms with Gasteiger partial charge in [0.25, 0.3) is 22.8 Å². The molecule has 0 bridgehead atoms. The van der Waals surface area contributed by atoms with Crippen molar-refractivity contribution >= 4 is 22.9 Å². The third-order valence-corrected chi connectivity index (χ3v) is 3.68. The minimum Gasteiger partial charge on any atom is -0.359 e. The van der Waals surface area contributed by atoms with Gasteiger partial charge in [0.1, 0.15) is 0 Å². The fraction of sp³-hybridized carbons (Fsp3) is 0. The Kier molecular flexibility index (Phi) is 4.60. The predicted octanol–water partition coefficient (Wildman–Crippen LogP) is 1.59. The van der Waals surface area contributed by atoms with Crippen LogP contribution < -0.4 is 4.90 Å². The summed E-state index contributed by atoms with van der Waals surface area (Å²) < 4.78 is 4.34. The highest BCUT2D eigenvalue weighted by molar-refractivity contribution is 6.17. The molecule has 28 heavy (non-hydrogen) atoms. The molecule has 1 heterocycles. The molecule has 12 nitrogen and oxygen atoms in total. The maximum absolute atomic E-state index is 12.6. The Labute approximate surface area is 154 Å². The number of benzene rings is 2. The molecule has 0 aliphatic rings. The van der Waals surface area contributed by atoms with Crippen LogP contribution in [0.2, 0.25) is 0 Å². The van der Waals surface area contributed by atoms with E-state index in [2.05, 4.69) is 9.79 Å². The van der Waals surface area contributed by atoms with E-state index in [0.717, 1.165) is 24.3 Å². The Morgan fingerprint density at radius 3 is 1.89 bits per heavy atom. The SMILES string of the molecule is O=C(c1cccc([N+](=O)[O-])c1)c1no[n+]([O-])c1C(=O)c1cccc([N+](=O)[O-])c1. The molecule has 3 rings (SSSR count). The van der Waals surface area contributed by atoms with Gasteiger partial charge in [-0.05, 0) is 4.90 Å². The molecule has 0 unspecified atom stereocenters. The van der Waals surface area contributed by atoms with Crippen LogP contribution >= 0.6 is 0 Å². The molecular formula is C16H8N4O8. The lowest BCUT2D eigenvalue weighted by Gasteiger charge is -2.00. The molecule has 140 valence electrons. The van der Waals surface area contributed by atoms with Gasteiger partial charge in [0.05, 0.1) is 15.0 Å². The van der Waals surface area contributed by atoms with Gasteiger partial charge in [0, 0.05) is 35.4 Å². The van der Waals surface area contributed by atoms with Gasteiger partial charge in [0.2, 0.25) is 11.6 Å². The van der Waals surface area contributed by atoms with E-state index in [4.69, 9.17) is 0 Å². The average Bonchev–Trinajstić information content (AvgIpc) is 3.08. The van der Waals surface area contributed by atoms with E-state index in [1.807, 2.05) is 0 Å². The van der Waals surface area contributed by atoms with E-state index in [-0.39, 0.29) is 21.7 Å². The van der Waals surface area contributed by atoms with Gasteiger partial charge in [-0.3, -0.25) is 34.4 Å². The van der Waals surface area contributed by atoms with Crippen LogP contribution in [-0.4, -0.2) is 26.6 Å². The lowest BCUT2D eigenvalue weighted by Crippen LogP contribution is -2.33. The molecule has 3 aromatic rings. The summed E-state index contributed by atoms with van der Waals surface area (Å²) in [5, 5.41) is 36.9. The topological polar surface area (TPSA) is 173 Å². The Balaban J connectivity index is 2.05. The summed E-state index contributed by atoms with van der Waals surface area (Å²) in [6.45, 7) is 0. The van der Waals surface area contributed by atoms with Crippen molar-refractivity contribution in [3.05, 3.63) is 96.5 Å². The van der Waals surface area contributed by atoms with Crippen molar-refractivity contribution in [2.75, 3.05) is 0 Å².